The molecule has 42 heavy (non-hydrogen) atoms. The smallest absolute Gasteiger partial charge is 0.271 e. The third-order valence-corrected chi connectivity index (χ3v) is 10.7. The molecule has 6 rings (SSSR count). The van der Waals surface area contributed by atoms with Gasteiger partial charge >= 0.3 is 0 Å². The Morgan fingerprint density at radius 2 is 1.33 bits per heavy atom. The van der Waals surface area contributed by atoms with E-state index in [-0.39, 0.29) is 27.8 Å². The maximum Gasteiger partial charge on any atom is 0.271 e. The summed E-state index contributed by atoms with van der Waals surface area (Å²) in [7, 11) is 2.74. The van der Waals surface area contributed by atoms with Crippen LogP contribution in [0.15, 0.2) is 33.6 Å². The van der Waals surface area contributed by atoms with Gasteiger partial charge in [0.15, 0.2) is 0 Å². The highest BCUT2D eigenvalue weighted by molar-refractivity contribution is 7.23. The van der Waals surface area contributed by atoms with Crippen molar-refractivity contribution in [2.45, 2.75) is 51.4 Å². The summed E-state index contributed by atoms with van der Waals surface area (Å²) >= 11 is 2.88. The lowest BCUT2D eigenvalue weighted by Crippen LogP contribution is -2.39. The SMILES string of the molecule is [C-]#[N+]C1=C(C)/C(=C/c2nc3c(s2)-c2sc(/C=C4\C(=O)N(C)C(=O)C(C#N)=C4C)nc2C32CCCCC2)C(=O)N(C)C1=O. The van der Waals surface area contributed by atoms with Gasteiger partial charge in [-0.3, -0.25) is 29.0 Å². The summed E-state index contributed by atoms with van der Waals surface area (Å²) in [6.45, 7) is 10.6. The topological polar surface area (TPSA) is 129 Å². The van der Waals surface area contributed by atoms with Crippen molar-refractivity contribution in [1.29, 1.82) is 5.26 Å². The number of carbonyl (C=O) groups excluding carboxylic acids is 4. The molecule has 0 bridgehead atoms. The van der Waals surface area contributed by atoms with E-state index in [2.05, 4.69) is 4.85 Å². The molecule has 0 saturated heterocycles. The Kier molecular flexibility index (Phi) is 6.44. The number of thiazole rings is 2. The molecular weight excluding hydrogens is 573 g/mol. The van der Waals surface area contributed by atoms with Crippen LogP contribution in [-0.2, 0) is 24.6 Å². The van der Waals surface area contributed by atoms with Gasteiger partial charge in [-0.1, -0.05) is 19.3 Å². The minimum Gasteiger partial charge on any atom is -0.287 e. The lowest BCUT2D eigenvalue weighted by molar-refractivity contribution is -0.140. The van der Waals surface area contributed by atoms with Gasteiger partial charge in [0.05, 0.1) is 33.1 Å². The molecule has 0 atom stereocenters. The van der Waals surface area contributed by atoms with Crippen molar-refractivity contribution in [2.24, 2.45) is 0 Å². The van der Waals surface area contributed by atoms with Crippen molar-refractivity contribution in [2.75, 3.05) is 14.1 Å². The minimum atomic E-state index is -0.614. The number of nitriles is 1. The van der Waals surface area contributed by atoms with E-state index in [0.717, 1.165) is 63.0 Å². The minimum absolute atomic E-state index is 0.0612. The second-order valence-corrected chi connectivity index (χ2v) is 12.8. The van der Waals surface area contributed by atoms with Gasteiger partial charge in [-0.2, -0.15) is 5.26 Å². The number of hydrogen-bond acceptors (Lipinski definition) is 9. The molecule has 2 aromatic rings. The van der Waals surface area contributed by atoms with Crippen molar-refractivity contribution in [3.8, 4) is 15.8 Å². The average Bonchev–Trinajstić information content (AvgIpc) is 3.65. The first-order chi connectivity index (χ1) is 20.0. The molecule has 1 saturated carbocycles. The molecule has 1 fully saturated rings. The van der Waals surface area contributed by atoms with Crippen LogP contribution in [0.5, 0.6) is 0 Å². The number of carbonyl (C=O) groups is 4. The number of imide groups is 2. The van der Waals surface area contributed by atoms with Gasteiger partial charge in [0.1, 0.15) is 21.7 Å². The van der Waals surface area contributed by atoms with Crippen LogP contribution in [0.4, 0.5) is 0 Å². The number of aromatic nitrogens is 2. The van der Waals surface area contributed by atoms with Crippen LogP contribution < -0.4 is 0 Å². The zero-order chi connectivity index (χ0) is 30.1. The summed E-state index contributed by atoms with van der Waals surface area (Å²) < 4.78 is 0. The summed E-state index contributed by atoms with van der Waals surface area (Å²) in [4.78, 5) is 68.0. The molecule has 4 heterocycles. The molecule has 0 unspecified atom stereocenters. The average molecular weight is 597 g/mol. The highest BCUT2D eigenvalue weighted by Crippen LogP contribution is 2.58. The Labute approximate surface area is 249 Å². The van der Waals surface area contributed by atoms with Gasteiger partial charge in [-0.25, -0.2) is 14.8 Å². The van der Waals surface area contributed by atoms with Crippen LogP contribution >= 0.6 is 22.7 Å². The molecule has 4 aliphatic rings. The van der Waals surface area contributed by atoms with Crippen LogP contribution in [0, 0.1) is 17.9 Å². The van der Waals surface area contributed by atoms with Gasteiger partial charge < -0.3 is 0 Å². The lowest BCUT2D eigenvalue weighted by atomic mass is 9.72. The van der Waals surface area contributed by atoms with E-state index in [1.807, 2.05) is 6.07 Å². The van der Waals surface area contributed by atoms with Gasteiger partial charge in [0.25, 0.3) is 29.3 Å². The fourth-order valence-corrected chi connectivity index (χ4v) is 8.47. The molecule has 1 spiro atoms. The Balaban J connectivity index is 1.49. The fourth-order valence-electron chi connectivity index (χ4n) is 6.12. The summed E-state index contributed by atoms with van der Waals surface area (Å²) in [5, 5.41) is 10.7. The number of rotatable bonds is 2. The molecule has 2 aromatic heterocycles. The van der Waals surface area contributed by atoms with Crippen molar-refractivity contribution in [1.82, 2.24) is 19.8 Å². The van der Waals surface area contributed by atoms with Crippen molar-refractivity contribution >= 4 is 58.5 Å². The van der Waals surface area contributed by atoms with E-state index in [1.54, 1.807) is 26.0 Å². The zero-order valence-corrected chi connectivity index (χ0v) is 25.0. The molecule has 4 amide bonds. The van der Waals surface area contributed by atoms with E-state index in [4.69, 9.17) is 16.5 Å². The molecule has 0 aromatic carbocycles. The highest BCUT2D eigenvalue weighted by atomic mass is 32.1. The van der Waals surface area contributed by atoms with E-state index >= 15 is 0 Å². The molecule has 210 valence electrons. The molecule has 0 radical (unpaired) electrons. The summed E-state index contributed by atoms with van der Waals surface area (Å²) in [6, 6.07) is 1.92. The number of amides is 4. The van der Waals surface area contributed by atoms with Crippen molar-refractivity contribution in [3.05, 3.63) is 66.4 Å². The second kappa shape index (κ2) is 9.79. The monoisotopic (exact) mass is 596 g/mol. The van der Waals surface area contributed by atoms with Crippen LogP contribution in [0.3, 0.4) is 0 Å². The lowest BCUT2D eigenvalue weighted by Gasteiger charge is -2.32. The molecule has 2 aliphatic carbocycles. The largest absolute Gasteiger partial charge is 0.287 e. The van der Waals surface area contributed by atoms with Gasteiger partial charge in [-0.05, 0) is 50.0 Å². The number of likely N-dealkylation sites (N-methyl/N-ethyl adjacent to an activating group) is 2. The van der Waals surface area contributed by atoms with Crippen LogP contribution in [0.1, 0.15) is 67.4 Å². The van der Waals surface area contributed by atoms with Crippen LogP contribution in [-0.4, -0.2) is 57.5 Å². The maximum atomic E-state index is 13.0. The fraction of sp³-hybridized carbons (Fsp3) is 0.333. The number of hydrogen-bond donors (Lipinski definition) is 0. The predicted octanol–water partition coefficient (Wildman–Crippen LogP) is 4.63. The number of fused-ring (bicyclic) bond motifs is 5. The first kappa shape index (κ1) is 27.6. The Morgan fingerprint density at radius 3 is 1.83 bits per heavy atom. The molecular formula is C30H24N6O4S2. The van der Waals surface area contributed by atoms with Crippen LogP contribution in [0.25, 0.3) is 26.8 Å². The Morgan fingerprint density at radius 1 is 0.833 bits per heavy atom. The number of nitrogens with zero attached hydrogens (tertiary/aromatic N) is 6. The van der Waals surface area contributed by atoms with Crippen LogP contribution in [0.2, 0.25) is 0 Å². The molecule has 0 N–H and O–H groups in total. The summed E-state index contributed by atoms with van der Waals surface area (Å²) in [5.41, 5.74) is 2.57. The maximum absolute atomic E-state index is 13.0. The van der Waals surface area contributed by atoms with Gasteiger partial charge in [0.2, 0.25) is 0 Å². The Bertz CT molecular complexity index is 1740. The van der Waals surface area contributed by atoms with E-state index < -0.39 is 23.6 Å². The van der Waals surface area contributed by atoms with Gasteiger partial charge in [0, 0.05) is 25.2 Å². The Hall–Kier alpha value is -4.52. The zero-order valence-electron chi connectivity index (χ0n) is 23.3. The van der Waals surface area contributed by atoms with Gasteiger partial charge in [-0.15, -0.1) is 22.7 Å². The normalized spacial score (nSPS) is 22.0. The summed E-state index contributed by atoms with van der Waals surface area (Å²) in [5.74, 6) is -2.17. The summed E-state index contributed by atoms with van der Waals surface area (Å²) in [6.07, 6.45) is 8.22. The third-order valence-electron chi connectivity index (χ3n) is 8.50. The molecule has 10 nitrogen and oxygen atoms in total. The van der Waals surface area contributed by atoms with Crippen molar-refractivity contribution < 1.29 is 19.2 Å². The second-order valence-electron chi connectivity index (χ2n) is 10.8. The standard InChI is InChI=1S/C30H24N6O4S2/c1-14-16(26(37)35(4)28(39)18(14)13-31)11-19-33-24-22(41-19)23-25(30(24)9-7-6-8-10-30)34-20(42-23)12-17-15(2)21(32-3)29(40)36(5)27(17)38/h11-12H,6-10H2,1-2,4-5H3/b16-11-,17-12-. The van der Waals surface area contributed by atoms with Crippen molar-refractivity contribution in [3.63, 3.8) is 0 Å². The first-order valence-corrected chi connectivity index (χ1v) is 15.0. The molecule has 2 aliphatic heterocycles. The molecule has 12 heteroatoms. The highest BCUT2D eigenvalue weighted by Gasteiger charge is 2.49. The van der Waals surface area contributed by atoms with E-state index in [0.29, 0.717) is 21.2 Å². The van der Waals surface area contributed by atoms with E-state index in [9.17, 15) is 24.4 Å². The predicted molar refractivity (Wildman–Crippen MR) is 156 cm³/mol. The quantitative estimate of drug-likeness (QED) is 0.281. The first-order valence-electron chi connectivity index (χ1n) is 13.3. The third kappa shape index (κ3) is 3.79. The van der Waals surface area contributed by atoms with E-state index in [1.165, 1.54) is 36.8 Å².